The molecular weight excluding hydrogens is 519 g/mol. The molecule has 40 heavy (non-hydrogen) atoms. The lowest BCUT2D eigenvalue weighted by atomic mass is 10.1. The van der Waals surface area contributed by atoms with Crippen molar-refractivity contribution in [2.24, 2.45) is 0 Å². The van der Waals surface area contributed by atoms with Gasteiger partial charge in [-0.3, -0.25) is 4.79 Å². The summed E-state index contributed by atoms with van der Waals surface area (Å²) in [6, 6.07) is 18.8. The standard InChI is InChI=1S/C32H32F3NO4/c1-2-3-4-5-6-21-40-29-19-15-25(16-20-29)8-7-24-9-11-26(12-10-24)22-36(30(37)31(38)39)23-27-13-17-28(18-14-27)32(33,34)35/h9-20H,2-6,21-23H2,1H3,(H,38,39). The molecule has 0 aliphatic heterocycles. The van der Waals surface area contributed by atoms with Gasteiger partial charge < -0.3 is 14.7 Å². The van der Waals surface area contributed by atoms with Gasteiger partial charge in [0, 0.05) is 24.2 Å². The number of benzene rings is 3. The SMILES string of the molecule is CCCCCCCOc1ccc(C#Cc2ccc(CN(Cc3ccc(C(F)(F)F)cc3)C(=O)C(=O)O)cc2)cc1. The molecule has 8 heteroatoms. The number of unbranched alkanes of at least 4 members (excludes halogenated alkanes) is 4. The van der Waals surface area contributed by atoms with E-state index < -0.39 is 23.6 Å². The van der Waals surface area contributed by atoms with Gasteiger partial charge in [-0.15, -0.1) is 0 Å². The number of carbonyl (C=O) groups excluding carboxylic acids is 1. The van der Waals surface area contributed by atoms with Crippen LogP contribution in [-0.4, -0.2) is 28.5 Å². The minimum atomic E-state index is -4.48. The van der Waals surface area contributed by atoms with Crippen LogP contribution < -0.4 is 4.74 Å². The lowest BCUT2D eigenvalue weighted by Gasteiger charge is -2.21. The first-order valence-electron chi connectivity index (χ1n) is 13.2. The summed E-state index contributed by atoms with van der Waals surface area (Å²) in [6.07, 6.45) is 1.43. The number of carbonyl (C=O) groups is 2. The zero-order chi connectivity index (χ0) is 29.0. The fraction of sp³-hybridized carbons (Fsp3) is 0.312. The number of hydrogen-bond donors (Lipinski definition) is 1. The first kappa shape index (κ1) is 30.3. The van der Waals surface area contributed by atoms with E-state index in [0.29, 0.717) is 17.7 Å². The molecule has 0 saturated carbocycles. The Hall–Kier alpha value is -4.25. The molecule has 3 aromatic rings. The number of ether oxygens (including phenoxy) is 1. The predicted molar refractivity (Wildman–Crippen MR) is 146 cm³/mol. The van der Waals surface area contributed by atoms with E-state index in [0.717, 1.165) is 40.3 Å². The Kier molecular flexibility index (Phi) is 11.2. The van der Waals surface area contributed by atoms with Gasteiger partial charge in [-0.1, -0.05) is 68.7 Å². The molecule has 0 saturated heterocycles. The molecule has 0 aliphatic rings. The van der Waals surface area contributed by atoms with Crippen LogP contribution in [0.3, 0.4) is 0 Å². The van der Waals surface area contributed by atoms with Crippen LogP contribution in [0.5, 0.6) is 5.75 Å². The molecule has 0 bridgehead atoms. The maximum Gasteiger partial charge on any atom is 0.416 e. The Morgan fingerprint density at radius 2 is 1.27 bits per heavy atom. The molecule has 0 aromatic heterocycles. The largest absolute Gasteiger partial charge is 0.494 e. The maximum absolute atomic E-state index is 12.8. The number of aliphatic carboxylic acids is 1. The quantitative estimate of drug-likeness (QED) is 0.157. The van der Waals surface area contributed by atoms with Gasteiger partial charge in [-0.05, 0) is 66.1 Å². The minimum absolute atomic E-state index is 0.0278. The molecule has 0 radical (unpaired) electrons. The molecule has 0 heterocycles. The van der Waals surface area contributed by atoms with Crippen molar-refractivity contribution in [2.45, 2.75) is 58.3 Å². The van der Waals surface area contributed by atoms with Crippen LogP contribution in [-0.2, 0) is 28.9 Å². The number of carboxylic acids is 1. The van der Waals surface area contributed by atoms with Gasteiger partial charge in [0.2, 0.25) is 0 Å². The van der Waals surface area contributed by atoms with Crippen molar-refractivity contribution >= 4 is 11.9 Å². The van der Waals surface area contributed by atoms with E-state index in [-0.39, 0.29) is 13.1 Å². The van der Waals surface area contributed by atoms with E-state index in [9.17, 15) is 27.9 Å². The van der Waals surface area contributed by atoms with E-state index in [1.54, 1.807) is 24.3 Å². The van der Waals surface area contributed by atoms with E-state index in [4.69, 9.17) is 4.74 Å². The number of rotatable bonds is 11. The van der Waals surface area contributed by atoms with Crippen molar-refractivity contribution < 1.29 is 32.6 Å². The number of halogens is 3. The summed E-state index contributed by atoms with van der Waals surface area (Å²) in [5.41, 5.74) is 1.78. The van der Waals surface area contributed by atoms with Gasteiger partial charge in [0.1, 0.15) is 5.75 Å². The van der Waals surface area contributed by atoms with Crippen LogP contribution in [0, 0.1) is 11.8 Å². The average molecular weight is 552 g/mol. The Balaban J connectivity index is 1.58. The summed E-state index contributed by atoms with van der Waals surface area (Å²) in [6.45, 7) is 2.71. The number of amides is 1. The third-order valence-electron chi connectivity index (χ3n) is 6.17. The predicted octanol–water partition coefficient (Wildman–Crippen LogP) is 7.07. The molecule has 3 aromatic carbocycles. The molecule has 210 valence electrons. The molecule has 0 spiro atoms. The Morgan fingerprint density at radius 3 is 1.77 bits per heavy atom. The van der Waals surface area contributed by atoms with E-state index >= 15 is 0 Å². The highest BCUT2D eigenvalue weighted by Crippen LogP contribution is 2.29. The zero-order valence-corrected chi connectivity index (χ0v) is 22.3. The summed E-state index contributed by atoms with van der Waals surface area (Å²) < 4.78 is 44.3. The summed E-state index contributed by atoms with van der Waals surface area (Å²) in [7, 11) is 0. The zero-order valence-electron chi connectivity index (χ0n) is 22.3. The highest BCUT2D eigenvalue weighted by molar-refractivity contribution is 6.31. The van der Waals surface area contributed by atoms with Gasteiger partial charge >= 0.3 is 18.1 Å². The van der Waals surface area contributed by atoms with Crippen molar-refractivity contribution in [1.82, 2.24) is 4.90 Å². The normalized spacial score (nSPS) is 10.9. The third kappa shape index (κ3) is 9.81. The van der Waals surface area contributed by atoms with Gasteiger partial charge in [-0.25, -0.2) is 4.79 Å². The maximum atomic E-state index is 12.8. The van der Waals surface area contributed by atoms with Gasteiger partial charge in [-0.2, -0.15) is 13.2 Å². The minimum Gasteiger partial charge on any atom is -0.494 e. The van der Waals surface area contributed by atoms with Gasteiger partial charge in [0.25, 0.3) is 0 Å². The van der Waals surface area contributed by atoms with Crippen molar-refractivity contribution in [3.63, 3.8) is 0 Å². The van der Waals surface area contributed by atoms with Crippen LogP contribution in [0.25, 0.3) is 0 Å². The molecule has 1 N–H and O–H groups in total. The second-order valence-corrected chi connectivity index (χ2v) is 9.40. The average Bonchev–Trinajstić information content (AvgIpc) is 2.94. The van der Waals surface area contributed by atoms with Crippen molar-refractivity contribution in [3.05, 3.63) is 101 Å². The molecule has 3 rings (SSSR count). The molecule has 0 fully saturated rings. The topological polar surface area (TPSA) is 66.8 Å². The summed E-state index contributed by atoms with van der Waals surface area (Å²) in [5, 5.41) is 9.21. The molecule has 0 unspecified atom stereocenters. The fourth-order valence-electron chi connectivity index (χ4n) is 3.94. The highest BCUT2D eigenvalue weighted by Gasteiger charge is 2.30. The number of hydrogen-bond acceptors (Lipinski definition) is 3. The Morgan fingerprint density at radius 1 is 0.775 bits per heavy atom. The first-order chi connectivity index (χ1) is 19.2. The van der Waals surface area contributed by atoms with E-state index in [2.05, 4.69) is 18.8 Å². The van der Waals surface area contributed by atoms with Crippen LogP contribution in [0.2, 0.25) is 0 Å². The first-order valence-corrected chi connectivity index (χ1v) is 13.2. The third-order valence-corrected chi connectivity index (χ3v) is 6.17. The number of nitrogens with zero attached hydrogens (tertiary/aromatic N) is 1. The van der Waals surface area contributed by atoms with Gasteiger partial charge in [0.05, 0.1) is 12.2 Å². The second kappa shape index (κ2) is 14.8. The van der Waals surface area contributed by atoms with Crippen LogP contribution in [0.4, 0.5) is 13.2 Å². The molecule has 5 nitrogen and oxygen atoms in total. The Labute approximate surface area is 232 Å². The molecular formula is C32H32F3NO4. The summed E-state index contributed by atoms with van der Waals surface area (Å²) in [5.74, 6) is 4.19. The van der Waals surface area contributed by atoms with E-state index in [1.807, 2.05) is 24.3 Å². The highest BCUT2D eigenvalue weighted by atomic mass is 19.4. The monoisotopic (exact) mass is 551 g/mol. The molecule has 0 aliphatic carbocycles. The summed E-state index contributed by atoms with van der Waals surface area (Å²) in [4.78, 5) is 24.7. The number of alkyl halides is 3. The van der Waals surface area contributed by atoms with Crippen molar-refractivity contribution in [1.29, 1.82) is 0 Å². The smallest absolute Gasteiger partial charge is 0.416 e. The number of carboxylic acid groups (broad SMARTS) is 1. The van der Waals surface area contributed by atoms with Crippen LogP contribution >= 0.6 is 0 Å². The van der Waals surface area contributed by atoms with Crippen molar-refractivity contribution in [2.75, 3.05) is 6.61 Å². The Bertz CT molecular complexity index is 1310. The van der Waals surface area contributed by atoms with Gasteiger partial charge in [0.15, 0.2) is 0 Å². The lowest BCUT2D eigenvalue weighted by molar-refractivity contribution is -0.156. The second-order valence-electron chi connectivity index (χ2n) is 9.40. The van der Waals surface area contributed by atoms with Crippen LogP contribution in [0.1, 0.15) is 66.8 Å². The van der Waals surface area contributed by atoms with Crippen LogP contribution in [0.15, 0.2) is 72.8 Å². The fourth-order valence-corrected chi connectivity index (χ4v) is 3.94. The lowest BCUT2D eigenvalue weighted by Crippen LogP contribution is -2.35. The summed E-state index contributed by atoms with van der Waals surface area (Å²) >= 11 is 0. The molecule has 0 atom stereocenters. The van der Waals surface area contributed by atoms with E-state index in [1.165, 1.54) is 37.8 Å². The van der Waals surface area contributed by atoms with Crippen molar-refractivity contribution in [3.8, 4) is 17.6 Å². The molecule has 1 amide bonds.